The fourth-order valence-electron chi connectivity index (χ4n) is 2.37. The van der Waals surface area contributed by atoms with Crippen LogP contribution >= 0.6 is 0 Å². The van der Waals surface area contributed by atoms with Crippen LogP contribution in [0.4, 0.5) is 6.01 Å². The summed E-state index contributed by atoms with van der Waals surface area (Å²) in [5.41, 5.74) is 8.12. The largest absolute Gasteiger partial charge is 0.427 e. The molecule has 0 fully saturated rings. The zero-order valence-electron chi connectivity index (χ0n) is 10.7. The number of benzene rings is 1. The average molecular weight is 257 g/mol. The van der Waals surface area contributed by atoms with Gasteiger partial charge in [0.2, 0.25) is 0 Å². The lowest BCUT2D eigenvalue weighted by Crippen LogP contribution is -2.36. The summed E-state index contributed by atoms with van der Waals surface area (Å²) in [5.74, 6) is 0.726. The van der Waals surface area contributed by atoms with Crippen LogP contribution in [0.25, 0.3) is 0 Å². The Morgan fingerprint density at radius 3 is 3.00 bits per heavy atom. The van der Waals surface area contributed by atoms with Crippen LogP contribution in [0.15, 0.2) is 28.7 Å². The standard InChI is InChI=1S/C14H15N3O2/c1-9-4-2-3-5-10(9)13(18)17-7-6-11-12(8-17)19-14(15)16-11/h2-5H,6-8H2,1H3,(H2,15,16). The Morgan fingerprint density at radius 1 is 1.42 bits per heavy atom. The molecule has 2 heterocycles. The van der Waals surface area contributed by atoms with Crippen molar-refractivity contribution in [2.24, 2.45) is 0 Å². The number of fused-ring (bicyclic) bond motifs is 1. The van der Waals surface area contributed by atoms with E-state index < -0.39 is 0 Å². The Balaban J connectivity index is 1.85. The number of hydrogen-bond acceptors (Lipinski definition) is 4. The molecule has 2 N–H and O–H groups in total. The minimum Gasteiger partial charge on any atom is -0.427 e. The number of oxazole rings is 1. The van der Waals surface area contributed by atoms with Gasteiger partial charge in [0.1, 0.15) is 5.76 Å². The Bertz CT molecular complexity index is 633. The molecule has 2 aromatic rings. The number of carbonyl (C=O) groups excluding carboxylic acids is 1. The fourth-order valence-corrected chi connectivity index (χ4v) is 2.37. The van der Waals surface area contributed by atoms with Gasteiger partial charge in [0.15, 0.2) is 0 Å². The van der Waals surface area contributed by atoms with Crippen molar-refractivity contribution in [2.45, 2.75) is 19.9 Å². The van der Waals surface area contributed by atoms with Crippen LogP contribution in [-0.4, -0.2) is 22.3 Å². The number of nitrogens with zero attached hydrogens (tertiary/aromatic N) is 2. The van der Waals surface area contributed by atoms with Gasteiger partial charge in [-0.25, -0.2) is 0 Å². The summed E-state index contributed by atoms with van der Waals surface area (Å²) in [5, 5.41) is 0. The second-order valence-electron chi connectivity index (χ2n) is 4.71. The van der Waals surface area contributed by atoms with Crippen LogP contribution in [0.5, 0.6) is 0 Å². The number of nitrogens with two attached hydrogens (primary N) is 1. The first-order valence-corrected chi connectivity index (χ1v) is 6.24. The first kappa shape index (κ1) is 11.8. The Hall–Kier alpha value is -2.30. The van der Waals surface area contributed by atoms with Gasteiger partial charge in [-0.3, -0.25) is 4.79 Å². The molecule has 5 nitrogen and oxygen atoms in total. The van der Waals surface area contributed by atoms with E-state index in [1.165, 1.54) is 0 Å². The molecule has 0 radical (unpaired) electrons. The van der Waals surface area contributed by atoms with Gasteiger partial charge in [0.25, 0.3) is 11.9 Å². The number of nitrogen functional groups attached to an aromatic ring is 1. The first-order chi connectivity index (χ1) is 9.15. The lowest BCUT2D eigenvalue weighted by atomic mass is 10.1. The molecule has 0 bridgehead atoms. The summed E-state index contributed by atoms with van der Waals surface area (Å²) in [7, 11) is 0. The zero-order chi connectivity index (χ0) is 13.4. The van der Waals surface area contributed by atoms with Crippen molar-refractivity contribution in [2.75, 3.05) is 12.3 Å². The Kier molecular flexibility index (Phi) is 2.74. The number of aromatic nitrogens is 1. The smallest absolute Gasteiger partial charge is 0.292 e. The molecule has 1 aliphatic rings. The molecule has 0 saturated heterocycles. The van der Waals surface area contributed by atoms with Crippen LogP contribution in [0.2, 0.25) is 0 Å². The van der Waals surface area contributed by atoms with Crippen LogP contribution < -0.4 is 5.73 Å². The van der Waals surface area contributed by atoms with Gasteiger partial charge in [0, 0.05) is 18.5 Å². The summed E-state index contributed by atoms with van der Waals surface area (Å²) in [6, 6.07) is 7.77. The highest BCUT2D eigenvalue weighted by Gasteiger charge is 2.26. The van der Waals surface area contributed by atoms with Crippen molar-refractivity contribution < 1.29 is 9.21 Å². The topological polar surface area (TPSA) is 72.4 Å². The van der Waals surface area contributed by atoms with Crippen molar-refractivity contribution in [3.05, 3.63) is 46.8 Å². The first-order valence-electron chi connectivity index (χ1n) is 6.24. The molecule has 19 heavy (non-hydrogen) atoms. The van der Waals surface area contributed by atoms with Gasteiger partial charge in [0.05, 0.1) is 12.2 Å². The van der Waals surface area contributed by atoms with E-state index in [4.69, 9.17) is 10.2 Å². The number of amides is 1. The summed E-state index contributed by atoms with van der Waals surface area (Å²) >= 11 is 0. The maximum Gasteiger partial charge on any atom is 0.292 e. The maximum atomic E-state index is 12.5. The molecule has 0 unspecified atom stereocenters. The van der Waals surface area contributed by atoms with Gasteiger partial charge in [-0.1, -0.05) is 18.2 Å². The third kappa shape index (κ3) is 2.07. The quantitative estimate of drug-likeness (QED) is 0.845. The number of hydrogen-bond donors (Lipinski definition) is 1. The van der Waals surface area contributed by atoms with Crippen molar-refractivity contribution in [3.63, 3.8) is 0 Å². The molecule has 5 heteroatoms. The van der Waals surface area contributed by atoms with Gasteiger partial charge in [-0.2, -0.15) is 4.98 Å². The van der Waals surface area contributed by atoms with E-state index in [0.29, 0.717) is 25.3 Å². The van der Waals surface area contributed by atoms with Crippen LogP contribution in [-0.2, 0) is 13.0 Å². The molecule has 0 aliphatic carbocycles. The van der Waals surface area contributed by atoms with Crippen LogP contribution in [0.1, 0.15) is 27.4 Å². The predicted molar refractivity (Wildman–Crippen MR) is 70.5 cm³/mol. The van der Waals surface area contributed by atoms with Crippen molar-refractivity contribution >= 4 is 11.9 Å². The molecular formula is C14H15N3O2. The third-order valence-electron chi connectivity index (χ3n) is 3.41. The lowest BCUT2D eigenvalue weighted by molar-refractivity contribution is 0.0719. The highest BCUT2D eigenvalue weighted by molar-refractivity contribution is 5.95. The van der Waals surface area contributed by atoms with E-state index in [0.717, 1.165) is 16.8 Å². The molecule has 98 valence electrons. The van der Waals surface area contributed by atoms with Crippen molar-refractivity contribution in [1.29, 1.82) is 0 Å². The summed E-state index contributed by atoms with van der Waals surface area (Å²) < 4.78 is 5.33. The van der Waals surface area contributed by atoms with Crippen LogP contribution in [0.3, 0.4) is 0 Å². The van der Waals surface area contributed by atoms with Crippen molar-refractivity contribution in [3.8, 4) is 0 Å². The van der Waals surface area contributed by atoms with Gasteiger partial charge < -0.3 is 15.1 Å². The lowest BCUT2D eigenvalue weighted by Gasteiger charge is -2.25. The maximum absolute atomic E-state index is 12.5. The summed E-state index contributed by atoms with van der Waals surface area (Å²) in [4.78, 5) is 18.4. The van der Waals surface area contributed by atoms with E-state index >= 15 is 0 Å². The normalized spacial score (nSPS) is 14.3. The molecule has 1 aromatic heterocycles. The summed E-state index contributed by atoms with van der Waals surface area (Å²) in [6.45, 7) is 3.02. The van der Waals surface area contributed by atoms with E-state index in [1.54, 1.807) is 4.90 Å². The van der Waals surface area contributed by atoms with Crippen LogP contribution in [0, 0.1) is 6.92 Å². The second-order valence-corrected chi connectivity index (χ2v) is 4.71. The number of rotatable bonds is 1. The third-order valence-corrected chi connectivity index (χ3v) is 3.41. The molecule has 0 atom stereocenters. The van der Waals surface area contributed by atoms with Gasteiger partial charge >= 0.3 is 0 Å². The fraction of sp³-hybridized carbons (Fsp3) is 0.286. The molecule has 1 aliphatic heterocycles. The van der Waals surface area contributed by atoms with Gasteiger partial charge in [-0.15, -0.1) is 0 Å². The molecule has 0 saturated carbocycles. The monoisotopic (exact) mass is 257 g/mol. The summed E-state index contributed by atoms with van der Waals surface area (Å²) in [6.07, 6.45) is 0.688. The Labute approximate surface area is 111 Å². The van der Waals surface area contributed by atoms with Gasteiger partial charge in [-0.05, 0) is 18.6 Å². The highest BCUT2D eigenvalue weighted by Crippen LogP contribution is 2.22. The van der Waals surface area contributed by atoms with E-state index in [-0.39, 0.29) is 11.9 Å². The molecule has 3 rings (SSSR count). The minimum atomic E-state index is 0.0266. The molecule has 1 amide bonds. The highest BCUT2D eigenvalue weighted by atomic mass is 16.4. The molecule has 0 spiro atoms. The predicted octanol–water partition coefficient (Wildman–Crippen LogP) is 1.76. The number of aryl methyl sites for hydroxylation is 1. The molecular weight excluding hydrogens is 242 g/mol. The second kappa shape index (κ2) is 4.42. The molecule has 1 aromatic carbocycles. The van der Waals surface area contributed by atoms with E-state index in [9.17, 15) is 4.79 Å². The van der Waals surface area contributed by atoms with E-state index in [1.807, 2.05) is 31.2 Å². The SMILES string of the molecule is Cc1ccccc1C(=O)N1CCc2nc(N)oc2C1. The minimum absolute atomic E-state index is 0.0266. The average Bonchev–Trinajstić information content (AvgIpc) is 2.77. The van der Waals surface area contributed by atoms with E-state index in [2.05, 4.69) is 4.98 Å². The zero-order valence-corrected chi connectivity index (χ0v) is 10.7. The number of carbonyl (C=O) groups is 1. The Morgan fingerprint density at radius 2 is 2.21 bits per heavy atom. The number of anilines is 1. The van der Waals surface area contributed by atoms with Crippen molar-refractivity contribution in [1.82, 2.24) is 9.88 Å².